The zero-order valence-electron chi connectivity index (χ0n) is 14.8. The van der Waals surface area contributed by atoms with E-state index in [0.717, 1.165) is 22.8 Å². The van der Waals surface area contributed by atoms with Gasteiger partial charge >= 0.3 is 0 Å². The molecule has 1 aromatic rings. The van der Waals surface area contributed by atoms with Crippen molar-refractivity contribution in [1.29, 1.82) is 0 Å². The molecule has 1 N–H and O–H groups in total. The van der Waals surface area contributed by atoms with Gasteiger partial charge in [-0.05, 0) is 45.6 Å². The molecule has 0 saturated heterocycles. The highest BCUT2D eigenvalue weighted by Crippen LogP contribution is 2.21. The molecule has 23 heavy (non-hydrogen) atoms. The maximum Gasteiger partial charge on any atom is 0.253 e. The second-order valence-electron chi connectivity index (χ2n) is 5.83. The van der Waals surface area contributed by atoms with Crippen LogP contribution in [0.5, 0.6) is 0 Å². The summed E-state index contributed by atoms with van der Waals surface area (Å²) in [5, 5.41) is 2.89. The summed E-state index contributed by atoms with van der Waals surface area (Å²) in [5.41, 5.74) is 0.729. The fourth-order valence-electron chi connectivity index (χ4n) is 2.33. The van der Waals surface area contributed by atoms with E-state index in [1.54, 1.807) is 11.8 Å². The minimum Gasteiger partial charge on any atom is -0.341 e. The van der Waals surface area contributed by atoms with E-state index in [-0.39, 0.29) is 5.91 Å². The van der Waals surface area contributed by atoms with E-state index in [9.17, 15) is 4.79 Å². The fourth-order valence-corrected chi connectivity index (χ4v) is 3.13. The third-order valence-corrected chi connectivity index (χ3v) is 4.44. The summed E-state index contributed by atoms with van der Waals surface area (Å²) in [5.74, 6) is 7.09. The van der Waals surface area contributed by atoms with Gasteiger partial charge in [0.1, 0.15) is 0 Å². The van der Waals surface area contributed by atoms with Crippen molar-refractivity contribution in [3.8, 4) is 11.8 Å². The van der Waals surface area contributed by atoms with Gasteiger partial charge in [-0.25, -0.2) is 0 Å². The molecule has 0 unspecified atom stereocenters. The largest absolute Gasteiger partial charge is 0.341 e. The van der Waals surface area contributed by atoms with Crippen molar-refractivity contribution in [2.75, 3.05) is 18.8 Å². The topological polar surface area (TPSA) is 32.3 Å². The van der Waals surface area contributed by atoms with Crippen molar-refractivity contribution in [3.05, 3.63) is 29.8 Å². The molecule has 0 heterocycles. The lowest BCUT2D eigenvalue weighted by Crippen LogP contribution is -2.37. The van der Waals surface area contributed by atoms with Crippen LogP contribution in [0.3, 0.4) is 0 Å². The molecule has 0 fully saturated rings. The monoisotopic (exact) mass is 332 g/mol. The highest BCUT2D eigenvalue weighted by Gasteiger charge is 2.11. The predicted octanol–water partition coefficient (Wildman–Crippen LogP) is 3.65. The highest BCUT2D eigenvalue weighted by atomic mass is 32.2. The predicted molar refractivity (Wildman–Crippen MR) is 99.9 cm³/mol. The summed E-state index contributed by atoms with van der Waals surface area (Å²) in [6.07, 6.45) is 0. The van der Waals surface area contributed by atoms with Crippen LogP contribution >= 0.6 is 11.8 Å². The zero-order valence-corrected chi connectivity index (χ0v) is 15.7. The molecule has 1 aromatic carbocycles. The third-order valence-electron chi connectivity index (χ3n) is 3.48. The molecule has 0 atom stereocenters. The molecular formula is C19H28N2OS. The van der Waals surface area contributed by atoms with Crippen molar-refractivity contribution >= 4 is 17.7 Å². The van der Waals surface area contributed by atoms with Gasteiger partial charge in [0.05, 0.1) is 18.7 Å². The van der Waals surface area contributed by atoms with Crippen LogP contribution in [0, 0.1) is 11.8 Å². The standard InChI is InChI=1S/C19H28N2OS/c1-6-23-18-12-8-7-11-17(18)19(22)20-13-9-10-14-21(15(2)3)16(4)5/h7-8,11-12,15-16H,6,13-14H2,1-5H3,(H,20,22). The molecule has 1 amide bonds. The quantitative estimate of drug-likeness (QED) is 0.611. The number of carbonyl (C=O) groups excluding carboxylic acids is 1. The van der Waals surface area contributed by atoms with E-state index in [1.165, 1.54) is 0 Å². The van der Waals surface area contributed by atoms with Crippen molar-refractivity contribution in [1.82, 2.24) is 10.2 Å². The smallest absolute Gasteiger partial charge is 0.253 e. The molecule has 1 rings (SSSR count). The Morgan fingerprint density at radius 3 is 2.43 bits per heavy atom. The van der Waals surface area contributed by atoms with E-state index in [1.807, 2.05) is 24.3 Å². The summed E-state index contributed by atoms with van der Waals surface area (Å²) in [6, 6.07) is 8.64. The molecule has 0 aromatic heterocycles. The normalized spacial score (nSPS) is 10.8. The molecule has 0 spiro atoms. The Morgan fingerprint density at radius 2 is 1.83 bits per heavy atom. The maximum absolute atomic E-state index is 12.3. The van der Waals surface area contributed by atoms with Crippen LogP contribution in [0.1, 0.15) is 45.0 Å². The number of nitrogens with zero attached hydrogens (tertiary/aromatic N) is 1. The molecule has 4 heteroatoms. The van der Waals surface area contributed by atoms with Crippen LogP contribution in [0.25, 0.3) is 0 Å². The number of nitrogens with one attached hydrogen (secondary N) is 1. The third kappa shape index (κ3) is 6.68. The Morgan fingerprint density at radius 1 is 1.17 bits per heavy atom. The Balaban J connectivity index is 2.54. The summed E-state index contributed by atoms with van der Waals surface area (Å²) in [6.45, 7) is 11.9. The van der Waals surface area contributed by atoms with Crippen molar-refractivity contribution in [3.63, 3.8) is 0 Å². The van der Waals surface area contributed by atoms with Crippen molar-refractivity contribution in [2.24, 2.45) is 0 Å². The molecule has 0 bridgehead atoms. The molecule has 0 saturated carbocycles. The van der Waals surface area contributed by atoms with E-state index in [0.29, 0.717) is 18.6 Å². The Labute approximate surface area is 145 Å². The van der Waals surface area contributed by atoms with Gasteiger partial charge < -0.3 is 5.32 Å². The summed E-state index contributed by atoms with van der Waals surface area (Å²) in [4.78, 5) is 15.6. The number of hydrogen-bond acceptors (Lipinski definition) is 3. The Kier molecular flexibility index (Phi) is 8.83. The average molecular weight is 333 g/mol. The minimum atomic E-state index is -0.0552. The SMILES string of the molecule is CCSc1ccccc1C(=O)NCC#CCN(C(C)C)C(C)C. The zero-order chi connectivity index (χ0) is 17.2. The van der Waals surface area contributed by atoms with Gasteiger partial charge in [-0.1, -0.05) is 30.9 Å². The van der Waals surface area contributed by atoms with Crippen LogP contribution in [0.15, 0.2) is 29.2 Å². The first-order valence-corrected chi connectivity index (χ1v) is 9.17. The molecule has 0 aliphatic heterocycles. The lowest BCUT2D eigenvalue weighted by molar-refractivity contribution is 0.0955. The lowest BCUT2D eigenvalue weighted by atomic mass is 10.2. The molecule has 126 valence electrons. The first-order valence-electron chi connectivity index (χ1n) is 8.18. The van der Waals surface area contributed by atoms with Gasteiger partial charge in [-0.2, -0.15) is 0 Å². The lowest BCUT2D eigenvalue weighted by Gasteiger charge is -2.28. The molecular weight excluding hydrogens is 304 g/mol. The number of thioether (sulfide) groups is 1. The van der Waals surface area contributed by atoms with E-state index >= 15 is 0 Å². The number of carbonyl (C=O) groups is 1. The Bertz CT molecular complexity index is 550. The van der Waals surface area contributed by atoms with Gasteiger partial charge in [0.15, 0.2) is 0 Å². The van der Waals surface area contributed by atoms with Gasteiger partial charge in [0, 0.05) is 17.0 Å². The first-order chi connectivity index (χ1) is 11.0. The second-order valence-corrected chi connectivity index (χ2v) is 7.13. The van der Waals surface area contributed by atoms with Gasteiger partial charge in [0.2, 0.25) is 0 Å². The van der Waals surface area contributed by atoms with Crippen molar-refractivity contribution in [2.45, 2.75) is 51.6 Å². The van der Waals surface area contributed by atoms with Gasteiger partial charge in [0.25, 0.3) is 5.91 Å². The Hall–Kier alpha value is -1.44. The van der Waals surface area contributed by atoms with Crippen molar-refractivity contribution < 1.29 is 4.79 Å². The number of rotatable bonds is 7. The highest BCUT2D eigenvalue weighted by molar-refractivity contribution is 7.99. The number of hydrogen-bond donors (Lipinski definition) is 1. The molecule has 0 aliphatic carbocycles. The number of amides is 1. The van der Waals surface area contributed by atoms with E-state index in [2.05, 4.69) is 56.7 Å². The van der Waals surface area contributed by atoms with E-state index < -0.39 is 0 Å². The summed E-state index contributed by atoms with van der Waals surface area (Å²) >= 11 is 1.68. The van der Waals surface area contributed by atoms with Crippen LogP contribution in [0.2, 0.25) is 0 Å². The van der Waals surface area contributed by atoms with Crippen LogP contribution in [0.4, 0.5) is 0 Å². The average Bonchev–Trinajstić information content (AvgIpc) is 2.50. The summed E-state index contributed by atoms with van der Waals surface area (Å²) in [7, 11) is 0. The van der Waals surface area contributed by atoms with Crippen LogP contribution in [-0.4, -0.2) is 41.7 Å². The number of benzene rings is 1. The van der Waals surface area contributed by atoms with Gasteiger partial charge in [-0.15, -0.1) is 11.8 Å². The minimum absolute atomic E-state index is 0.0552. The molecule has 3 nitrogen and oxygen atoms in total. The molecule has 0 radical (unpaired) electrons. The fraction of sp³-hybridized carbons (Fsp3) is 0.526. The van der Waals surface area contributed by atoms with Gasteiger partial charge in [-0.3, -0.25) is 9.69 Å². The van der Waals surface area contributed by atoms with Crippen LogP contribution < -0.4 is 5.32 Å². The molecule has 0 aliphatic rings. The first kappa shape index (κ1) is 19.6. The van der Waals surface area contributed by atoms with E-state index in [4.69, 9.17) is 0 Å². The summed E-state index contributed by atoms with van der Waals surface area (Å²) < 4.78 is 0. The van der Waals surface area contributed by atoms with Crippen LogP contribution in [-0.2, 0) is 0 Å². The maximum atomic E-state index is 12.3. The second kappa shape index (κ2) is 10.4.